The number of carbonyl (C=O) groups excluding carboxylic acids is 3. The lowest BCUT2D eigenvalue weighted by molar-refractivity contribution is -0.122. The molecule has 3 aromatic rings. The number of aryl methyl sites for hydroxylation is 1. The Hall–Kier alpha value is -3.83. The normalized spacial score (nSPS) is 11.6. The van der Waals surface area contributed by atoms with E-state index >= 15 is 0 Å². The van der Waals surface area contributed by atoms with Crippen molar-refractivity contribution in [2.24, 2.45) is 5.73 Å². The Labute approximate surface area is 199 Å². The maximum Gasteiger partial charge on any atom is 0.273 e. The number of rotatable bonds is 9. The van der Waals surface area contributed by atoms with Crippen LogP contribution in [0.25, 0.3) is 0 Å². The van der Waals surface area contributed by atoms with Gasteiger partial charge in [0.1, 0.15) is 16.7 Å². The number of anilines is 2. The molecule has 1 heterocycles. The second-order valence-electron chi connectivity index (χ2n) is 7.34. The highest BCUT2D eigenvalue weighted by molar-refractivity contribution is 7.09. The van der Waals surface area contributed by atoms with E-state index < -0.39 is 29.6 Å². The Morgan fingerprint density at radius 1 is 1.18 bits per heavy atom. The lowest BCUT2D eigenvalue weighted by atomic mass is 10.0. The Balaban J connectivity index is 2.19. The van der Waals surface area contributed by atoms with Crippen molar-refractivity contribution in [3.63, 3.8) is 0 Å². The number of para-hydroxylation sites is 1. The fourth-order valence-corrected chi connectivity index (χ4v) is 4.12. The number of amides is 3. The summed E-state index contributed by atoms with van der Waals surface area (Å²) in [4.78, 5) is 40.1. The summed E-state index contributed by atoms with van der Waals surface area (Å²) < 4.78 is 22.6. The molecular formula is C23H24FN5O4S. The Morgan fingerprint density at radius 3 is 2.44 bits per heavy atom. The summed E-state index contributed by atoms with van der Waals surface area (Å²) in [5.41, 5.74) is 12.4. The number of halogens is 1. The van der Waals surface area contributed by atoms with Crippen LogP contribution < -0.4 is 21.7 Å². The first kappa shape index (κ1) is 24.8. The first-order valence-electron chi connectivity index (χ1n) is 10.2. The molecule has 0 fully saturated rings. The van der Waals surface area contributed by atoms with Crippen molar-refractivity contribution >= 4 is 40.6 Å². The number of nitrogens with two attached hydrogens (primary N) is 2. The van der Waals surface area contributed by atoms with Crippen LogP contribution in [0.4, 0.5) is 15.8 Å². The van der Waals surface area contributed by atoms with Gasteiger partial charge in [0.15, 0.2) is 5.69 Å². The molecule has 1 unspecified atom stereocenters. The molecule has 3 amide bonds. The van der Waals surface area contributed by atoms with Gasteiger partial charge in [-0.25, -0.2) is 4.39 Å². The zero-order valence-corrected chi connectivity index (χ0v) is 19.4. The molecule has 34 heavy (non-hydrogen) atoms. The van der Waals surface area contributed by atoms with Gasteiger partial charge < -0.3 is 21.5 Å². The predicted octanol–water partition coefficient (Wildman–Crippen LogP) is 2.42. The zero-order valence-electron chi connectivity index (χ0n) is 18.6. The lowest BCUT2D eigenvalue weighted by Crippen LogP contribution is -2.45. The summed E-state index contributed by atoms with van der Waals surface area (Å²) in [5.74, 6) is -2.54. The third-order valence-electron chi connectivity index (χ3n) is 5.05. The average Bonchev–Trinajstić information content (AvgIpc) is 3.20. The molecule has 1 atom stereocenters. The van der Waals surface area contributed by atoms with Crippen LogP contribution >= 0.6 is 11.5 Å². The van der Waals surface area contributed by atoms with Crippen molar-refractivity contribution in [2.45, 2.75) is 13.0 Å². The highest BCUT2D eigenvalue weighted by Crippen LogP contribution is 2.34. The van der Waals surface area contributed by atoms with Crippen molar-refractivity contribution < 1.29 is 23.5 Å². The van der Waals surface area contributed by atoms with E-state index in [1.165, 1.54) is 36.3 Å². The summed E-state index contributed by atoms with van der Waals surface area (Å²) in [6.07, 6.45) is 0. The second kappa shape index (κ2) is 10.9. The number of carbonyl (C=O) groups is 3. The van der Waals surface area contributed by atoms with E-state index in [2.05, 4.69) is 9.69 Å². The fraction of sp³-hybridized carbons (Fsp3) is 0.217. The van der Waals surface area contributed by atoms with E-state index in [4.69, 9.17) is 16.2 Å². The molecule has 0 radical (unpaired) electrons. The summed E-state index contributed by atoms with van der Waals surface area (Å²) >= 11 is 0.711. The van der Waals surface area contributed by atoms with Crippen LogP contribution in [0.15, 0.2) is 48.5 Å². The van der Waals surface area contributed by atoms with Gasteiger partial charge in [0.2, 0.25) is 5.91 Å². The maximum absolute atomic E-state index is 13.9. The van der Waals surface area contributed by atoms with E-state index in [1.807, 2.05) is 0 Å². The molecule has 0 bridgehead atoms. The molecule has 2 aromatic carbocycles. The minimum absolute atomic E-state index is 0.0474. The smallest absolute Gasteiger partial charge is 0.273 e. The van der Waals surface area contributed by atoms with E-state index in [0.29, 0.717) is 28.3 Å². The number of methoxy groups -OCH3 is 1. The quantitative estimate of drug-likeness (QED) is 0.398. The SMILES string of the molecule is COCCNC(=O)C(c1ccc(F)cc1)N(C(=O)c1snc(C(N)=O)c1N)c1ccccc1C. The molecule has 0 saturated heterocycles. The van der Waals surface area contributed by atoms with Gasteiger partial charge in [0.05, 0.1) is 12.3 Å². The van der Waals surface area contributed by atoms with Crippen LogP contribution in [-0.4, -0.2) is 42.4 Å². The predicted molar refractivity (Wildman–Crippen MR) is 127 cm³/mol. The zero-order chi connectivity index (χ0) is 24.8. The van der Waals surface area contributed by atoms with Crippen molar-refractivity contribution in [3.05, 3.63) is 76.0 Å². The third kappa shape index (κ3) is 5.21. The van der Waals surface area contributed by atoms with Gasteiger partial charge in [-0.1, -0.05) is 30.3 Å². The molecule has 11 heteroatoms. The molecule has 3 rings (SSSR count). The average molecular weight is 486 g/mol. The summed E-state index contributed by atoms with van der Waals surface area (Å²) in [6.45, 7) is 2.23. The molecule has 0 saturated carbocycles. The first-order chi connectivity index (χ1) is 16.3. The molecule has 5 N–H and O–H groups in total. The van der Waals surface area contributed by atoms with Gasteiger partial charge in [0.25, 0.3) is 11.8 Å². The fourth-order valence-electron chi connectivity index (χ4n) is 3.37. The van der Waals surface area contributed by atoms with Gasteiger partial charge in [-0.2, -0.15) is 4.37 Å². The van der Waals surface area contributed by atoms with E-state index in [1.54, 1.807) is 31.2 Å². The van der Waals surface area contributed by atoms with E-state index in [9.17, 15) is 18.8 Å². The molecule has 0 spiro atoms. The highest BCUT2D eigenvalue weighted by Gasteiger charge is 2.36. The molecule has 0 aliphatic carbocycles. The standard InChI is InChI=1S/C23H24FN5O4S/c1-13-5-3-4-6-16(13)29(23(32)20-17(25)18(21(26)30)28-34-20)19(22(31)27-11-12-33-2)14-7-9-15(24)10-8-14/h3-10,19H,11-12,25H2,1-2H3,(H2,26,30)(H,27,31). The number of nitrogens with zero attached hydrogens (tertiary/aromatic N) is 2. The monoisotopic (exact) mass is 485 g/mol. The second-order valence-corrected chi connectivity index (χ2v) is 8.11. The van der Waals surface area contributed by atoms with Gasteiger partial charge in [-0.15, -0.1) is 0 Å². The number of hydrogen-bond acceptors (Lipinski definition) is 7. The van der Waals surface area contributed by atoms with Crippen LogP contribution in [0.5, 0.6) is 0 Å². The van der Waals surface area contributed by atoms with Crippen LogP contribution in [0, 0.1) is 12.7 Å². The Bertz CT molecular complexity index is 1200. The summed E-state index contributed by atoms with van der Waals surface area (Å²) in [7, 11) is 1.50. The minimum Gasteiger partial charge on any atom is -0.395 e. The number of ether oxygens (including phenoxy) is 1. The lowest BCUT2D eigenvalue weighted by Gasteiger charge is -2.32. The van der Waals surface area contributed by atoms with Crippen molar-refractivity contribution in [2.75, 3.05) is 30.9 Å². The van der Waals surface area contributed by atoms with Crippen LogP contribution in [-0.2, 0) is 9.53 Å². The molecule has 0 aliphatic rings. The number of benzene rings is 2. The highest BCUT2D eigenvalue weighted by atomic mass is 32.1. The summed E-state index contributed by atoms with van der Waals surface area (Å²) in [5, 5.41) is 2.74. The van der Waals surface area contributed by atoms with Gasteiger partial charge in [0, 0.05) is 19.3 Å². The number of nitrogen functional groups attached to an aromatic ring is 1. The first-order valence-corrected chi connectivity index (χ1v) is 11.0. The molecule has 9 nitrogen and oxygen atoms in total. The number of hydrogen-bond donors (Lipinski definition) is 3. The van der Waals surface area contributed by atoms with E-state index in [-0.39, 0.29) is 29.4 Å². The Morgan fingerprint density at radius 2 is 1.85 bits per heavy atom. The van der Waals surface area contributed by atoms with Crippen LogP contribution in [0.2, 0.25) is 0 Å². The number of aromatic nitrogens is 1. The van der Waals surface area contributed by atoms with Gasteiger partial charge in [-0.3, -0.25) is 19.3 Å². The van der Waals surface area contributed by atoms with Crippen LogP contribution in [0.1, 0.15) is 37.3 Å². The molecule has 178 valence electrons. The molecule has 0 aliphatic heterocycles. The summed E-state index contributed by atoms with van der Waals surface area (Å²) in [6, 6.07) is 11.1. The van der Waals surface area contributed by atoms with Crippen molar-refractivity contribution in [1.29, 1.82) is 0 Å². The minimum atomic E-state index is -1.19. The number of primary amides is 1. The van der Waals surface area contributed by atoms with Crippen molar-refractivity contribution in [3.8, 4) is 0 Å². The number of nitrogens with one attached hydrogen (secondary N) is 1. The van der Waals surface area contributed by atoms with E-state index in [0.717, 1.165) is 0 Å². The largest absolute Gasteiger partial charge is 0.395 e. The van der Waals surface area contributed by atoms with Crippen molar-refractivity contribution in [1.82, 2.24) is 9.69 Å². The van der Waals surface area contributed by atoms with Gasteiger partial charge >= 0.3 is 0 Å². The third-order valence-corrected chi connectivity index (χ3v) is 5.90. The molecule has 1 aromatic heterocycles. The van der Waals surface area contributed by atoms with Crippen LogP contribution in [0.3, 0.4) is 0 Å². The maximum atomic E-state index is 13.9. The molecular weight excluding hydrogens is 461 g/mol. The topological polar surface area (TPSA) is 141 Å². The van der Waals surface area contributed by atoms with Gasteiger partial charge in [-0.05, 0) is 47.8 Å². The Kier molecular flexibility index (Phi) is 7.92.